The van der Waals surface area contributed by atoms with Crippen molar-refractivity contribution < 1.29 is 28.9 Å². The number of benzene rings is 3. The van der Waals surface area contributed by atoms with Crippen molar-refractivity contribution in [3.05, 3.63) is 91.5 Å². The summed E-state index contributed by atoms with van der Waals surface area (Å²) in [6.45, 7) is 5.67. The van der Waals surface area contributed by atoms with E-state index >= 15 is 0 Å². The van der Waals surface area contributed by atoms with Gasteiger partial charge in [-0.05, 0) is 62.2 Å². The van der Waals surface area contributed by atoms with Crippen molar-refractivity contribution in [3.8, 4) is 17.2 Å². The average Bonchev–Trinajstić information content (AvgIpc) is 2.87. The molecule has 2 N–H and O–H groups in total. The number of ether oxygens (including phenoxy) is 2. The summed E-state index contributed by atoms with van der Waals surface area (Å²) >= 11 is 0. The molecule has 13 nitrogen and oxygen atoms in total. The fourth-order valence-corrected chi connectivity index (χ4v) is 3.27. The zero-order valence-electron chi connectivity index (χ0n) is 20.6. The van der Waals surface area contributed by atoms with Gasteiger partial charge >= 0.3 is 17.5 Å². The second-order valence-corrected chi connectivity index (χ2v) is 7.88. The zero-order valence-corrected chi connectivity index (χ0v) is 20.6. The molecule has 0 fully saturated rings. The summed E-state index contributed by atoms with van der Waals surface area (Å²) in [7, 11) is 0. The minimum atomic E-state index is -0.975. The topological polar surface area (TPSA) is 175 Å². The van der Waals surface area contributed by atoms with E-state index in [4.69, 9.17) is 9.47 Å². The van der Waals surface area contributed by atoms with Crippen LogP contribution in [0.15, 0.2) is 59.7 Å². The van der Waals surface area contributed by atoms with Gasteiger partial charge in [-0.2, -0.15) is 5.10 Å². The lowest BCUT2D eigenvalue weighted by Crippen LogP contribution is -2.32. The van der Waals surface area contributed by atoms with Crippen molar-refractivity contribution in [1.82, 2.24) is 5.43 Å². The van der Waals surface area contributed by atoms with E-state index in [2.05, 4.69) is 15.8 Å². The first kappa shape index (κ1) is 27.3. The summed E-state index contributed by atoms with van der Waals surface area (Å²) in [5, 5.41) is 28.7. The number of nitrogens with one attached hydrogen (secondary N) is 2. The standard InChI is InChI=1S/C25H23N5O8/c1-4-37-23-12-17(14-26-28-25(32)24(31)27-19-8-5-15(2)11-16(19)3)6-9-22(23)38-21-10-7-18(29(33)34)13-20(21)30(35)36/h5-14H,4H2,1-3H3,(H,27,31)(H,28,32). The highest BCUT2D eigenvalue weighted by molar-refractivity contribution is 6.39. The van der Waals surface area contributed by atoms with Crippen LogP contribution in [0.3, 0.4) is 0 Å². The van der Waals surface area contributed by atoms with E-state index in [1.54, 1.807) is 13.0 Å². The Labute approximate surface area is 216 Å². The van der Waals surface area contributed by atoms with E-state index < -0.39 is 33.0 Å². The van der Waals surface area contributed by atoms with Gasteiger partial charge in [0, 0.05) is 11.8 Å². The number of rotatable bonds is 9. The van der Waals surface area contributed by atoms with E-state index in [1.807, 2.05) is 26.0 Å². The van der Waals surface area contributed by atoms with Crippen molar-refractivity contribution in [2.45, 2.75) is 20.8 Å². The lowest BCUT2D eigenvalue weighted by atomic mass is 10.1. The molecule has 3 aromatic carbocycles. The van der Waals surface area contributed by atoms with Crippen LogP contribution in [0.1, 0.15) is 23.6 Å². The van der Waals surface area contributed by atoms with Gasteiger partial charge in [0.25, 0.3) is 5.69 Å². The van der Waals surface area contributed by atoms with Crippen LogP contribution in [0.4, 0.5) is 17.1 Å². The summed E-state index contributed by atoms with van der Waals surface area (Å²) in [4.78, 5) is 45.1. The third kappa shape index (κ3) is 6.87. The average molecular weight is 521 g/mol. The Balaban J connectivity index is 1.72. The van der Waals surface area contributed by atoms with E-state index in [0.717, 1.165) is 29.3 Å². The number of hydrazone groups is 1. The molecule has 0 atom stereocenters. The van der Waals surface area contributed by atoms with Crippen LogP contribution >= 0.6 is 0 Å². The molecule has 3 rings (SSSR count). The Morgan fingerprint density at radius 1 is 0.921 bits per heavy atom. The number of non-ortho nitro benzene ring substituents is 1. The Bertz CT molecular complexity index is 1440. The van der Waals surface area contributed by atoms with Gasteiger partial charge in [0.2, 0.25) is 5.75 Å². The molecule has 0 heterocycles. The maximum atomic E-state index is 12.2. The SMILES string of the molecule is CCOc1cc(C=NNC(=O)C(=O)Nc2ccc(C)cc2C)ccc1Oc1ccc([N+](=O)[O-])cc1[N+](=O)[O-]. The smallest absolute Gasteiger partial charge is 0.329 e. The lowest BCUT2D eigenvalue weighted by molar-refractivity contribution is -0.394. The van der Waals surface area contributed by atoms with Crippen molar-refractivity contribution in [2.24, 2.45) is 5.10 Å². The second kappa shape index (κ2) is 12.1. The summed E-state index contributed by atoms with van der Waals surface area (Å²) < 4.78 is 11.2. The largest absolute Gasteiger partial charge is 0.490 e. The van der Waals surface area contributed by atoms with E-state index in [0.29, 0.717) is 11.3 Å². The minimum absolute atomic E-state index is 0.109. The number of nitro groups is 2. The molecule has 0 saturated carbocycles. The van der Waals surface area contributed by atoms with Crippen LogP contribution in [0, 0.1) is 34.1 Å². The second-order valence-electron chi connectivity index (χ2n) is 7.88. The van der Waals surface area contributed by atoms with Crippen molar-refractivity contribution in [3.63, 3.8) is 0 Å². The van der Waals surface area contributed by atoms with Gasteiger partial charge in [0.1, 0.15) is 0 Å². The highest BCUT2D eigenvalue weighted by Gasteiger charge is 2.22. The van der Waals surface area contributed by atoms with Crippen LogP contribution in [-0.2, 0) is 9.59 Å². The molecule has 3 aromatic rings. The first-order valence-corrected chi connectivity index (χ1v) is 11.2. The number of nitrogens with zero attached hydrogens (tertiary/aromatic N) is 3. The van der Waals surface area contributed by atoms with Gasteiger partial charge in [-0.25, -0.2) is 5.43 Å². The number of carbonyl (C=O) groups excluding carboxylic acids is 2. The molecule has 0 aromatic heterocycles. The van der Waals surface area contributed by atoms with Gasteiger partial charge in [0.15, 0.2) is 11.5 Å². The van der Waals surface area contributed by atoms with Crippen LogP contribution in [0.2, 0.25) is 0 Å². The first-order valence-electron chi connectivity index (χ1n) is 11.2. The lowest BCUT2D eigenvalue weighted by Gasteiger charge is -2.12. The molecular formula is C25H23N5O8. The summed E-state index contributed by atoms with van der Waals surface area (Å²) in [5.74, 6) is -1.78. The predicted octanol–water partition coefficient (Wildman–Crippen LogP) is 4.40. The Morgan fingerprint density at radius 3 is 2.32 bits per heavy atom. The molecule has 0 aliphatic carbocycles. The van der Waals surface area contributed by atoms with Crippen LogP contribution in [-0.4, -0.2) is 34.5 Å². The van der Waals surface area contributed by atoms with Crippen molar-refractivity contribution in [2.75, 3.05) is 11.9 Å². The molecule has 2 amide bonds. The quantitative estimate of drug-likeness (QED) is 0.180. The van der Waals surface area contributed by atoms with Gasteiger partial charge < -0.3 is 14.8 Å². The van der Waals surface area contributed by atoms with Crippen molar-refractivity contribution >= 4 is 35.1 Å². The molecular weight excluding hydrogens is 498 g/mol. The molecule has 38 heavy (non-hydrogen) atoms. The molecule has 0 spiro atoms. The third-order valence-electron chi connectivity index (χ3n) is 5.05. The summed E-state index contributed by atoms with van der Waals surface area (Å²) in [5.41, 5.74) is 3.88. The number of amides is 2. The van der Waals surface area contributed by atoms with Crippen molar-refractivity contribution in [1.29, 1.82) is 0 Å². The number of carbonyl (C=O) groups is 2. The molecule has 0 unspecified atom stereocenters. The van der Waals surface area contributed by atoms with Gasteiger partial charge in [0.05, 0.1) is 28.7 Å². The van der Waals surface area contributed by atoms with Crippen LogP contribution in [0.5, 0.6) is 17.2 Å². The van der Waals surface area contributed by atoms with Crippen LogP contribution < -0.4 is 20.2 Å². The Morgan fingerprint density at radius 2 is 1.66 bits per heavy atom. The van der Waals surface area contributed by atoms with E-state index in [-0.39, 0.29) is 23.9 Å². The molecule has 196 valence electrons. The zero-order chi connectivity index (χ0) is 27.8. The van der Waals surface area contributed by atoms with E-state index in [1.165, 1.54) is 24.4 Å². The number of anilines is 1. The number of hydrogen-bond acceptors (Lipinski definition) is 9. The van der Waals surface area contributed by atoms with Gasteiger partial charge in [-0.3, -0.25) is 29.8 Å². The minimum Gasteiger partial charge on any atom is -0.490 e. The highest BCUT2D eigenvalue weighted by atomic mass is 16.6. The molecule has 0 aliphatic rings. The van der Waals surface area contributed by atoms with Crippen LogP contribution in [0.25, 0.3) is 0 Å². The molecule has 13 heteroatoms. The number of hydrogen-bond donors (Lipinski definition) is 2. The molecule has 0 radical (unpaired) electrons. The normalized spacial score (nSPS) is 10.6. The predicted molar refractivity (Wildman–Crippen MR) is 138 cm³/mol. The number of nitro benzene ring substituents is 2. The third-order valence-corrected chi connectivity index (χ3v) is 5.05. The molecule has 0 bridgehead atoms. The molecule has 0 saturated heterocycles. The first-order chi connectivity index (χ1) is 18.1. The maximum absolute atomic E-state index is 12.2. The van der Waals surface area contributed by atoms with Gasteiger partial charge in [-0.1, -0.05) is 17.7 Å². The molecule has 0 aliphatic heterocycles. The Kier molecular flexibility index (Phi) is 8.66. The number of aryl methyl sites for hydroxylation is 2. The maximum Gasteiger partial charge on any atom is 0.329 e. The monoisotopic (exact) mass is 521 g/mol. The highest BCUT2D eigenvalue weighted by Crippen LogP contribution is 2.38. The Hall–Kier alpha value is -5.33. The fourth-order valence-electron chi connectivity index (χ4n) is 3.27. The van der Waals surface area contributed by atoms with Gasteiger partial charge in [-0.15, -0.1) is 0 Å². The van der Waals surface area contributed by atoms with E-state index in [9.17, 15) is 29.8 Å². The fraction of sp³-hybridized carbons (Fsp3) is 0.160. The summed E-state index contributed by atoms with van der Waals surface area (Å²) in [6.07, 6.45) is 1.27. The summed E-state index contributed by atoms with van der Waals surface area (Å²) in [6, 6.07) is 12.9.